The van der Waals surface area contributed by atoms with E-state index in [1.165, 1.54) is 43.3 Å². The number of cyclic esters (lactones) is 1. The van der Waals surface area contributed by atoms with E-state index in [1.807, 2.05) is 6.07 Å². The zero-order valence-electron chi connectivity index (χ0n) is 19.4. The summed E-state index contributed by atoms with van der Waals surface area (Å²) in [4.78, 5) is 54.4. The molecule has 0 aromatic heterocycles. The average molecular weight is 522 g/mol. The van der Waals surface area contributed by atoms with E-state index in [1.54, 1.807) is 18.2 Å². The molecule has 0 bridgehead atoms. The van der Waals surface area contributed by atoms with Crippen molar-refractivity contribution in [3.63, 3.8) is 0 Å². The molecular formula is C26H20ClN3O7. The minimum absolute atomic E-state index is 0.128. The quantitative estimate of drug-likeness (QED) is 0.525. The molecule has 37 heavy (non-hydrogen) atoms. The fourth-order valence-corrected chi connectivity index (χ4v) is 4.82. The first kappa shape index (κ1) is 25.5. The number of rotatable bonds is 7. The molecule has 0 aliphatic carbocycles. The lowest BCUT2D eigenvalue weighted by molar-refractivity contribution is -0.139. The van der Waals surface area contributed by atoms with Crippen molar-refractivity contribution in [3.8, 4) is 6.07 Å². The van der Waals surface area contributed by atoms with Crippen molar-refractivity contribution in [1.82, 2.24) is 0 Å². The molecule has 4 rings (SSSR count). The van der Waals surface area contributed by atoms with Gasteiger partial charge in [-0.2, -0.15) is 5.26 Å². The highest BCUT2D eigenvalue weighted by molar-refractivity contribution is 6.31. The third kappa shape index (κ3) is 3.90. The van der Waals surface area contributed by atoms with Crippen LogP contribution in [0, 0.1) is 17.2 Å². The Bertz CT molecular complexity index is 1410. The number of hydrogen-bond acceptors (Lipinski definition) is 8. The number of anilines is 1. The Labute approximate surface area is 216 Å². The van der Waals surface area contributed by atoms with Gasteiger partial charge in [-0.3, -0.25) is 14.5 Å². The Hall–Kier alpha value is -4.62. The van der Waals surface area contributed by atoms with Crippen LogP contribution in [0.25, 0.3) is 0 Å². The Balaban J connectivity index is 2.24. The fourth-order valence-electron chi connectivity index (χ4n) is 4.70. The summed E-state index contributed by atoms with van der Waals surface area (Å²) in [6.07, 6.45) is 0. The van der Waals surface area contributed by atoms with Crippen molar-refractivity contribution in [2.75, 3.05) is 18.1 Å². The Morgan fingerprint density at radius 1 is 1.19 bits per heavy atom. The van der Waals surface area contributed by atoms with E-state index in [0.717, 1.165) is 4.90 Å². The summed E-state index contributed by atoms with van der Waals surface area (Å²) in [5, 5.41) is 21.1. The highest BCUT2D eigenvalue weighted by Crippen LogP contribution is 2.53. The summed E-state index contributed by atoms with van der Waals surface area (Å²) in [6.45, 7) is 0.850. The zero-order valence-corrected chi connectivity index (χ0v) is 20.2. The van der Waals surface area contributed by atoms with Gasteiger partial charge in [-0.25, -0.2) is 9.59 Å². The second-order valence-electron chi connectivity index (χ2n) is 8.08. The highest BCUT2D eigenvalue weighted by atomic mass is 35.5. The SMILES string of the molecule is CCOC(=O)C1=C(C2=C(O)COC2=O)C(=O)N(c2ccc(Cl)cc2)C1(c1ccccc1)C(C#N)C(N)=O. The molecule has 2 aliphatic heterocycles. The first-order valence-electron chi connectivity index (χ1n) is 11.1. The first-order chi connectivity index (χ1) is 17.7. The minimum atomic E-state index is -2.19. The van der Waals surface area contributed by atoms with E-state index < -0.39 is 64.3 Å². The number of amides is 2. The van der Waals surface area contributed by atoms with Crippen molar-refractivity contribution >= 4 is 41.0 Å². The lowest BCUT2D eigenvalue weighted by Gasteiger charge is -2.42. The van der Waals surface area contributed by atoms with Crippen LogP contribution >= 0.6 is 11.6 Å². The molecule has 2 aliphatic rings. The van der Waals surface area contributed by atoms with Gasteiger partial charge < -0.3 is 20.3 Å². The molecule has 10 nitrogen and oxygen atoms in total. The molecule has 188 valence electrons. The molecule has 0 fully saturated rings. The molecule has 0 spiro atoms. The second-order valence-corrected chi connectivity index (χ2v) is 8.52. The van der Waals surface area contributed by atoms with Crippen molar-refractivity contribution in [3.05, 3.63) is 87.7 Å². The van der Waals surface area contributed by atoms with Gasteiger partial charge in [0, 0.05) is 10.7 Å². The van der Waals surface area contributed by atoms with Gasteiger partial charge >= 0.3 is 11.9 Å². The predicted octanol–water partition coefficient (Wildman–Crippen LogP) is 2.44. The summed E-state index contributed by atoms with van der Waals surface area (Å²) >= 11 is 6.06. The van der Waals surface area contributed by atoms with E-state index in [9.17, 15) is 29.5 Å². The number of aliphatic hydroxyl groups excluding tert-OH is 1. The number of carbonyl (C=O) groups is 4. The van der Waals surface area contributed by atoms with Gasteiger partial charge in [0.15, 0.2) is 5.92 Å². The van der Waals surface area contributed by atoms with Crippen molar-refractivity contribution < 1.29 is 33.8 Å². The van der Waals surface area contributed by atoms with Crippen LogP contribution in [-0.2, 0) is 34.2 Å². The number of aliphatic hydroxyl groups is 1. The van der Waals surface area contributed by atoms with Crippen LogP contribution in [0.4, 0.5) is 5.69 Å². The molecule has 0 saturated carbocycles. The van der Waals surface area contributed by atoms with Crippen LogP contribution in [0.2, 0.25) is 5.02 Å². The smallest absolute Gasteiger partial charge is 0.342 e. The summed E-state index contributed by atoms with van der Waals surface area (Å²) in [5.74, 6) is -6.69. The zero-order chi connectivity index (χ0) is 26.9. The summed E-state index contributed by atoms with van der Waals surface area (Å²) < 4.78 is 10.2. The van der Waals surface area contributed by atoms with Crippen molar-refractivity contribution in [2.24, 2.45) is 11.7 Å². The molecule has 2 amide bonds. The van der Waals surface area contributed by atoms with E-state index in [2.05, 4.69) is 0 Å². The molecular weight excluding hydrogens is 502 g/mol. The standard InChI is InChI=1S/C26H20ClN3O7/c1-2-36-25(35)21-20(19-18(31)13-37-24(19)34)23(33)30(16-10-8-15(27)9-11-16)26(21,17(12-28)22(29)32)14-6-4-3-5-7-14/h3-11,17,31H,2,13H2,1H3,(H2,29,32). The van der Waals surface area contributed by atoms with E-state index in [-0.39, 0.29) is 17.9 Å². The number of nitrogens with two attached hydrogens (primary N) is 1. The number of nitrogens with zero attached hydrogens (tertiary/aromatic N) is 2. The number of hydrogen-bond donors (Lipinski definition) is 2. The maximum atomic E-state index is 14.2. The van der Waals surface area contributed by atoms with Gasteiger partial charge in [0.2, 0.25) is 5.91 Å². The Morgan fingerprint density at radius 2 is 1.84 bits per heavy atom. The molecule has 2 unspecified atom stereocenters. The summed E-state index contributed by atoms with van der Waals surface area (Å²) in [7, 11) is 0. The van der Waals surface area contributed by atoms with Gasteiger partial charge in [0.1, 0.15) is 23.5 Å². The van der Waals surface area contributed by atoms with Gasteiger partial charge in [-0.1, -0.05) is 41.9 Å². The minimum Gasteiger partial charge on any atom is -0.508 e. The normalized spacial score (nSPS) is 20.1. The van der Waals surface area contributed by atoms with E-state index >= 15 is 0 Å². The molecule has 2 aromatic rings. The highest BCUT2D eigenvalue weighted by Gasteiger charge is 2.64. The average Bonchev–Trinajstić information content (AvgIpc) is 3.33. The van der Waals surface area contributed by atoms with Crippen LogP contribution in [0.5, 0.6) is 0 Å². The predicted molar refractivity (Wildman–Crippen MR) is 130 cm³/mol. The molecule has 2 aromatic carbocycles. The van der Waals surface area contributed by atoms with Gasteiger partial charge in [0.05, 0.1) is 23.8 Å². The van der Waals surface area contributed by atoms with Crippen molar-refractivity contribution in [2.45, 2.75) is 12.5 Å². The lowest BCUT2D eigenvalue weighted by Crippen LogP contribution is -2.56. The van der Waals surface area contributed by atoms with Gasteiger partial charge in [0.25, 0.3) is 5.91 Å². The lowest BCUT2D eigenvalue weighted by atomic mass is 9.71. The second kappa shape index (κ2) is 9.79. The molecule has 2 atom stereocenters. The maximum Gasteiger partial charge on any atom is 0.342 e. The Kier molecular flexibility index (Phi) is 6.74. The van der Waals surface area contributed by atoms with E-state index in [4.69, 9.17) is 26.8 Å². The van der Waals surface area contributed by atoms with Crippen LogP contribution in [-0.4, -0.2) is 42.1 Å². The molecule has 11 heteroatoms. The maximum absolute atomic E-state index is 14.2. The first-order valence-corrected chi connectivity index (χ1v) is 11.4. The number of ether oxygens (including phenoxy) is 2. The van der Waals surface area contributed by atoms with E-state index in [0.29, 0.717) is 5.02 Å². The topological polar surface area (TPSA) is 160 Å². The number of esters is 2. The number of nitriles is 1. The fraction of sp³-hybridized carbons (Fsp3) is 0.192. The number of carbonyl (C=O) groups excluding carboxylic acids is 4. The number of primary amides is 1. The molecule has 0 saturated heterocycles. The third-order valence-electron chi connectivity index (χ3n) is 6.09. The number of benzene rings is 2. The van der Waals surface area contributed by atoms with Crippen LogP contribution in [0.3, 0.4) is 0 Å². The van der Waals surface area contributed by atoms with Crippen molar-refractivity contribution in [1.29, 1.82) is 5.26 Å². The van der Waals surface area contributed by atoms with Crippen LogP contribution < -0.4 is 10.6 Å². The third-order valence-corrected chi connectivity index (χ3v) is 6.35. The molecule has 2 heterocycles. The van der Waals surface area contributed by atoms with Gasteiger partial charge in [-0.05, 0) is 36.8 Å². The van der Waals surface area contributed by atoms with Crippen LogP contribution in [0.1, 0.15) is 12.5 Å². The monoisotopic (exact) mass is 521 g/mol. The largest absolute Gasteiger partial charge is 0.508 e. The molecule has 0 radical (unpaired) electrons. The summed E-state index contributed by atoms with van der Waals surface area (Å²) in [6, 6.07) is 15.5. The number of halogens is 1. The van der Waals surface area contributed by atoms with Gasteiger partial charge in [-0.15, -0.1) is 0 Å². The Morgan fingerprint density at radius 3 is 2.35 bits per heavy atom. The molecule has 3 N–H and O–H groups in total. The van der Waals surface area contributed by atoms with Crippen LogP contribution in [0.15, 0.2) is 77.1 Å². The summed E-state index contributed by atoms with van der Waals surface area (Å²) in [5.41, 5.74) is 2.17.